The molecule has 0 saturated heterocycles. The van der Waals surface area contributed by atoms with Gasteiger partial charge in [0.25, 0.3) is 0 Å². The Kier molecular flexibility index (Phi) is 2.49. The first-order chi connectivity index (χ1) is 4.30. The molecule has 0 unspecified atom stereocenters. The highest BCUT2D eigenvalue weighted by atomic mass is 15.4. The summed E-state index contributed by atoms with van der Waals surface area (Å²) in [5.74, 6) is 5.49. The summed E-state index contributed by atoms with van der Waals surface area (Å²) in [5, 5.41) is 1.61. The first kappa shape index (κ1) is 7.03. The SMILES string of the molecule is [CH2]N(N)C1CCCCC1. The van der Waals surface area contributed by atoms with Gasteiger partial charge in [0.15, 0.2) is 0 Å². The van der Waals surface area contributed by atoms with Crippen molar-refractivity contribution in [3.8, 4) is 0 Å². The Balaban J connectivity index is 2.23. The Morgan fingerprint density at radius 2 is 1.78 bits per heavy atom. The van der Waals surface area contributed by atoms with Crippen LogP contribution in [0.3, 0.4) is 0 Å². The average molecular weight is 127 g/mol. The molecule has 0 heterocycles. The van der Waals surface area contributed by atoms with Crippen molar-refractivity contribution in [2.24, 2.45) is 5.84 Å². The van der Waals surface area contributed by atoms with E-state index in [1.165, 1.54) is 32.1 Å². The molecule has 1 radical (unpaired) electrons. The highest BCUT2D eigenvalue weighted by Gasteiger charge is 2.14. The second kappa shape index (κ2) is 3.18. The van der Waals surface area contributed by atoms with Crippen LogP contribution in [0.15, 0.2) is 0 Å². The van der Waals surface area contributed by atoms with E-state index in [4.69, 9.17) is 5.84 Å². The third kappa shape index (κ3) is 1.95. The van der Waals surface area contributed by atoms with Crippen molar-refractivity contribution in [3.63, 3.8) is 0 Å². The van der Waals surface area contributed by atoms with E-state index < -0.39 is 0 Å². The van der Waals surface area contributed by atoms with Crippen LogP contribution >= 0.6 is 0 Å². The van der Waals surface area contributed by atoms with Crippen molar-refractivity contribution < 1.29 is 0 Å². The molecular weight excluding hydrogens is 112 g/mol. The van der Waals surface area contributed by atoms with Gasteiger partial charge < -0.3 is 0 Å². The molecule has 1 fully saturated rings. The molecule has 2 nitrogen and oxygen atoms in total. The largest absolute Gasteiger partial charge is 0.268 e. The summed E-state index contributed by atoms with van der Waals surface area (Å²) >= 11 is 0. The van der Waals surface area contributed by atoms with Crippen LogP contribution in [-0.2, 0) is 0 Å². The third-order valence-electron chi connectivity index (χ3n) is 2.04. The van der Waals surface area contributed by atoms with E-state index in [0.29, 0.717) is 6.04 Å². The minimum Gasteiger partial charge on any atom is -0.268 e. The summed E-state index contributed by atoms with van der Waals surface area (Å²) in [6.45, 7) is 0. The van der Waals surface area contributed by atoms with Gasteiger partial charge in [-0.1, -0.05) is 19.3 Å². The van der Waals surface area contributed by atoms with E-state index in [-0.39, 0.29) is 0 Å². The summed E-state index contributed by atoms with van der Waals surface area (Å²) in [7, 11) is 3.67. The highest BCUT2D eigenvalue weighted by molar-refractivity contribution is 4.71. The lowest BCUT2D eigenvalue weighted by Gasteiger charge is -2.26. The molecule has 0 bridgehead atoms. The van der Waals surface area contributed by atoms with Gasteiger partial charge in [-0.3, -0.25) is 5.84 Å². The molecule has 0 amide bonds. The molecule has 2 N–H and O–H groups in total. The zero-order valence-corrected chi connectivity index (χ0v) is 5.84. The molecule has 0 aromatic rings. The normalized spacial score (nSPS) is 23.0. The maximum absolute atomic E-state index is 5.49. The van der Waals surface area contributed by atoms with Crippen molar-refractivity contribution >= 4 is 0 Å². The van der Waals surface area contributed by atoms with E-state index in [2.05, 4.69) is 7.05 Å². The quantitative estimate of drug-likeness (QED) is 0.425. The Labute approximate surface area is 57.0 Å². The first-order valence-electron chi connectivity index (χ1n) is 3.65. The fraction of sp³-hybridized carbons (Fsp3) is 0.857. The summed E-state index contributed by atoms with van der Waals surface area (Å²) in [6.07, 6.45) is 6.51. The molecule has 0 aliphatic heterocycles. The van der Waals surface area contributed by atoms with Crippen molar-refractivity contribution in [2.75, 3.05) is 0 Å². The molecule has 1 saturated carbocycles. The smallest absolute Gasteiger partial charge is 0.0273 e. The lowest BCUT2D eigenvalue weighted by atomic mass is 9.95. The van der Waals surface area contributed by atoms with Gasteiger partial charge in [0, 0.05) is 13.1 Å². The molecular formula is C7H15N2. The second-order valence-corrected chi connectivity index (χ2v) is 2.81. The van der Waals surface area contributed by atoms with Gasteiger partial charge in [-0.25, -0.2) is 5.01 Å². The second-order valence-electron chi connectivity index (χ2n) is 2.81. The van der Waals surface area contributed by atoms with E-state index in [1.807, 2.05) is 0 Å². The molecule has 0 spiro atoms. The minimum absolute atomic E-state index is 0.554. The van der Waals surface area contributed by atoms with Crippen molar-refractivity contribution in [1.29, 1.82) is 0 Å². The van der Waals surface area contributed by atoms with Gasteiger partial charge >= 0.3 is 0 Å². The van der Waals surface area contributed by atoms with Crippen LogP contribution in [0, 0.1) is 7.05 Å². The Morgan fingerprint density at radius 1 is 1.22 bits per heavy atom. The fourth-order valence-electron chi connectivity index (χ4n) is 1.41. The van der Waals surface area contributed by atoms with Crippen molar-refractivity contribution in [1.82, 2.24) is 5.01 Å². The number of nitrogens with two attached hydrogens (primary N) is 1. The molecule has 1 rings (SSSR count). The summed E-state index contributed by atoms with van der Waals surface area (Å²) in [4.78, 5) is 0. The lowest BCUT2D eigenvalue weighted by molar-refractivity contribution is 0.218. The third-order valence-corrected chi connectivity index (χ3v) is 2.04. The molecule has 0 atom stereocenters. The lowest BCUT2D eigenvalue weighted by Crippen LogP contribution is -2.36. The van der Waals surface area contributed by atoms with Gasteiger partial charge in [-0.2, -0.15) is 0 Å². The maximum Gasteiger partial charge on any atom is 0.0273 e. The molecule has 53 valence electrons. The van der Waals surface area contributed by atoms with E-state index >= 15 is 0 Å². The molecule has 2 heteroatoms. The van der Waals surface area contributed by atoms with Crippen LogP contribution in [0.2, 0.25) is 0 Å². The van der Waals surface area contributed by atoms with Crippen LogP contribution in [0.1, 0.15) is 32.1 Å². The Bertz CT molecular complexity index is 75.0. The van der Waals surface area contributed by atoms with Crippen LogP contribution in [0.25, 0.3) is 0 Å². The van der Waals surface area contributed by atoms with Crippen molar-refractivity contribution in [2.45, 2.75) is 38.1 Å². The highest BCUT2D eigenvalue weighted by Crippen LogP contribution is 2.19. The van der Waals surface area contributed by atoms with E-state index in [1.54, 1.807) is 5.01 Å². The van der Waals surface area contributed by atoms with Crippen LogP contribution in [-0.4, -0.2) is 11.1 Å². The predicted octanol–water partition coefficient (Wildman–Crippen LogP) is 1.29. The Hall–Kier alpha value is -0.0800. The Morgan fingerprint density at radius 3 is 2.11 bits per heavy atom. The van der Waals surface area contributed by atoms with Gasteiger partial charge in [-0.05, 0) is 12.8 Å². The predicted molar refractivity (Wildman–Crippen MR) is 38.3 cm³/mol. The molecule has 0 aromatic carbocycles. The summed E-state index contributed by atoms with van der Waals surface area (Å²) in [5.41, 5.74) is 0. The van der Waals surface area contributed by atoms with Crippen molar-refractivity contribution in [3.05, 3.63) is 7.05 Å². The first-order valence-corrected chi connectivity index (χ1v) is 3.65. The average Bonchev–Trinajstić information content (AvgIpc) is 1.90. The topological polar surface area (TPSA) is 29.3 Å². The number of hydrogen-bond acceptors (Lipinski definition) is 2. The molecule has 0 aromatic heterocycles. The standard InChI is InChI=1S/C7H15N2/c1-9(8)7-5-3-2-4-6-7/h7H,1-6,8H2. The number of nitrogens with zero attached hydrogens (tertiary/aromatic N) is 1. The van der Waals surface area contributed by atoms with Gasteiger partial charge in [0.1, 0.15) is 0 Å². The fourth-order valence-corrected chi connectivity index (χ4v) is 1.41. The number of rotatable bonds is 1. The molecule has 1 aliphatic carbocycles. The van der Waals surface area contributed by atoms with Gasteiger partial charge in [0.05, 0.1) is 0 Å². The number of hydrazine groups is 1. The molecule has 9 heavy (non-hydrogen) atoms. The van der Waals surface area contributed by atoms with Crippen LogP contribution < -0.4 is 5.84 Å². The monoisotopic (exact) mass is 127 g/mol. The zero-order chi connectivity index (χ0) is 6.69. The minimum atomic E-state index is 0.554. The zero-order valence-electron chi connectivity index (χ0n) is 5.84. The van der Waals surface area contributed by atoms with E-state index in [0.717, 1.165) is 0 Å². The van der Waals surface area contributed by atoms with Crippen LogP contribution in [0.4, 0.5) is 0 Å². The summed E-state index contributed by atoms with van der Waals surface area (Å²) in [6, 6.07) is 0.554. The molecule has 1 aliphatic rings. The number of hydrogen-bond donors (Lipinski definition) is 1. The van der Waals surface area contributed by atoms with Gasteiger partial charge in [0.2, 0.25) is 0 Å². The van der Waals surface area contributed by atoms with Crippen LogP contribution in [0.5, 0.6) is 0 Å². The summed E-state index contributed by atoms with van der Waals surface area (Å²) < 4.78 is 0. The maximum atomic E-state index is 5.49. The van der Waals surface area contributed by atoms with Gasteiger partial charge in [-0.15, -0.1) is 0 Å². The van der Waals surface area contributed by atoms with E-state index in [9.17, 15) is 0 Å².